The number of aryl methyl sites for hydroxylation is 1. The maximum absolute atomic E-state index is 13.2. The number of hydrogen-bond donors (Lipinski definition) is 1. The van der Waals surface area contributed by atoms with Crippen molar-refractivity contribution in [2.45, 2.75) is 32.4 Å². The van der Waals surface area contributed by atoms with Crippen LogP contribution >= 0.6 is 0 Å². The molecule has 184 valence electrons. The standard InChI is InChI=1S/C27H28N6O3/c1-17(34)32-10-8-25-23(15-32)26(30-33(25)22-9-11-36-16-22)18-4-3-5-19(12-18)27(35)29-21-6-7-24-20(13-21)14-28-31(24)2/h3-7,12-14,22H,8-11,15-16H2,1-2H3,(H,29,35). The van der Waals surface area contributed by atoms with Gasteiger partial charge in [-0.2, -0.15) is 10.2 Å². The fourth-order valence-electron chi connectivity index (χ4n) is 5.22. The second-order valence-corrected chi connectivity index (χ2v) is 9.50. The Balaban J connectivity index is 1.33. The van der Waals surface area contributed by atoms with E-state index in [2.05, 4.69) is 15.1 Å². The van der Waals surface area contributed by atoms with Crippen LogP contribution in [0.3, 0.4) is 0 Å². The molecule has 1 fully saturated rings. The summed E-state index contributed by atoms with van der Waals surface area (Å²) < 4.78 is 9.53. The van der Waals surface area contributed by atoms with E-state index in [1.54, 1.807) is 23.9 Å². The molecule has 2 aliphatic heterocycles. The fraction of sp³-hybridized carbons (Fsp3) is 0.333. The van der Waals surface area contributed by atoms with Crippen LogP contribution in [-0.4, -0.2) is 56.0 Å². The minimum absolute atomic E-state index is 0.0577. The summed E-state index contributed by atoms with van der Waals surface area (Å²) in [6.07, 6.45) is 3.47. The van der Waals surface area contributed by atoms with E-state index in [0.29, 0.717) is 30.9 Å². The summed E-state index contributed by atoms with van der Waals surface area (Å²) in [6, 6.07) is 13.5. The lowest BCUT2D eigenvalue weighted by Gasteiger charge is -2.27. The molecule has 2 aliphatic rings. The van der Waals surface area contributed by atoms with Gasteiger partial charge in [0, 0.05) is 73.5 Å². The Morgan fingerprint density at radius 1 is 1.17 bits per heavy atom. The van der Waals surface area contributed by atoms with Gasteiger partial charge in [-0.05, 0) is 36.8 Å². The van der Waals surface area contributed by atoms with Crippen molar-refractivity contribution >= 4 is 28.4 Å². The molecule has 4 aromatic rings. The molecule has 2 aromatic carbocycles. The molecule has 2 aromatic heterocycles. The first kappa shape index (κ1) is 22.5. The van der Waals surface area contributed by atoms with Gasteiger partial charge in [-0.1, -0.05) is 12.1 Å². The van der Waals surface area contributed by atoms with E-state index in [0.717, 1.165) is 52.9 Å². The number of benzene rings is 2. The van der Waals surface area contributed by atoms with E-state index in [1.807, 2.05) is 48.3 Å². The second-order valence-electron chi connectivity index (χ2n) is 9.50. The summed E-state index contributed by atoms with van der Waals surface area (Å²) in [5.74, 6) is -0.134. The highest BCUT2D eigenvalue weighted by molar-refractivity contribution is 6.05. The van der Waals surface area contributed by atoms with E-state index in [-0.39, 0.29) is 17.9 Å². The Labute approximate surface area is 208 Å². The average Bonchev–Trinajstić information content (AvgIpc) is 3.63. The molecular formula is C27H28N6O3. The molecule has 0 spiro atoms. The Bertz CT molecular complexity index is 1480. The van der Waals surface area contributed by atoms with Gasteiger partial charge in [-0.3, -0.25) is 19.0 Å². The van der Waals surface area contributed by atoms with Gasteiger partial charge in [0.25, 0.3) is 5.91 Å². The van der Waals surface area contributed by atoms with Gasteiger partial charge in [0.2, 0.25) is 5.91 Å². The largest absolute Gasteiger partial charge is 0.379 e. The SMILES string of the molecule is CC(=O)N1CCc2c(c(-c3cccc(C(=O)Nc4ccc5c(cnn5C)c4)c3)nn2C2CCOC2)C1. The molecule has 9 nitrogen and oxygen atoms in total. The molecule has 36 heavy (non-hydrogen) atoms. The van der Waals surface area contributed by atoms with Gasteiger partial charge < -0.3 is 15.0 Å². The van der Waals surface area contributed by atoms with Crippen LogP contribution in [0.4, 0.5) is 5.69 Å². The predicted octanol–water partition coefficient (Wildman–Crippen LogP) is 3.56. The van der Waals surface area contributed by atoms with Crippen LogP contribution in [0.1, 0.15) is 41.0 Å². The maximum Gasteiger partial charge on any atom is 0.255 e. The van der Waals surface area contributed by atoms with Crippen LogP contribution < -0.4 is 5.32 Å². The van der Waals surface area contributed by atoms with E-state index in [4.69, 9.17) is 9.84 Å². The lowest BCUT2D eigenvalue weighted by molar-refractivity contribution is -0.129. The van der Waals surface area contributed by atoms with Crippen LogP contribution in [-0.2, 0) is 29.5 Å². The van der Waals surface area contributed by atoms with Crippen LogP contribution in [0.5, 0.6) is 0 Å². The predicted molar refractivity (Wildman–Crippen MR) is 136 cm³/mol. The quantitative estimate of drug-likeness (QED) is 0.478. The van der Waals surface area contributed by atoms with Crippen LogP contribution in [0.2, 0.25) is 0 Å². The first-order chi connectivity index (χ1) is 17.5. The molecule has 9 heteroatoms. The van der Waals surface area contributed by atoms with Crippen LogP contribution in [0.15, 0.2) is 48.7 Å². The summed E-state index contributed by atoms with van der Waals surface area (Å²) in [4.78, 5) is 27.2. The number of rotatable bonds is 4. The average molecular weight is 485 g/mol. The van der Waals surface area contributed by atoms with E-state index in [9.17, 15) is 9.59 Å². The third kappa shape index (κ3) is 3.95. The van der Waals surface area contributed by atoms with Crippen LogP contribution in [0, 0.1) is 0 Å². The van der Waals surface area contributed by atoms with Crippen molar-refractivity contribution in [3.05, 3.63) is 65.5 Å². The van der Waals surface area contributed by atoms with Crippen LogP contribution in [0.25, 0.3) is 22.2 Å². The second kappa shape index (κ2) is 8.91. The van der Waals surface area contributed by atoms with E-state index in [1.165, 1.54) is 0 Å². The Hall–Kier alpha value is -3.98. The number of ether oxygens (including phenoxy) is 1. The highest BCUT2D eigenvalue weighted by Crippen LogP contribution is 2.34. The molecule has 2 amide bonds. The number of fused-ring (bicyclic) bond motifs is 2. The van der Waals surface area contributed by atoms with Gasteiger partial charge >= 0.3 is 0 Å². The maximum atomic E-state index is 13.2. The van der Waals surface area contributed by atoms with Crippen molar-refractivity contribution < 1.29 is 14.3 Å². The molecule has 0 bridgehead atoms. The molecule has 0 aliphatic carbocycles. The molecule has 1 unspecified atom stereocenters. The summed E-state index contributed by atoms with van der Waals surface area (Å²) in [5.41, 5.74) is 6.18. The van der Waals surface area contributed by atoms with Gasteiger partial charge in [0.1, 0.15) is 0 Å². The summed E-state index contributed by atoms with van der Waals surface area (Å²) in [7, 11) is 1.89. The first-order valence-corrected chi connectivity index (χ1v) is 12.2. The third-order valence-electron chi connectivity index (χ3n) is 7.19. The molecule has 1 N–H and O–H groups in total. The highest BCUT2D eigenvalue weighted by atomic mass is 16.5. The number of nitrogens with one attached hydrogen (secondary N) is 1. The third-order valence-corrected chi connectivity index (χ3v) is 7.19. The molecule has 0 radical (unpaired) electrons. The first-order valence-electron chi connectivity index (χ1n) is 12.2. The zero-order chi connectivity index (χ0) is 24.8. The van der Waals surface area contributed by atoms with Crippen molar-refractivity contribution in [1.29, 1.82) is 0 Å². The molecule has 6 rings (SSSR count). The number of carbonyl (C=O) groups excluding carboxylic acids is 2. The monoisotopic (exact) mass is 484 g/mol. The number of carbonyl (C=O) groups is 2. The number of aromatic nitrogens is 4. The minimum Gasteiger partial charge on any atom is -0.379 e. The molecule has 1 saturated heterocycles. The molecule has 1 atom stereocenters. The van der Waals surface area contributed by atoms with Crippen molar-refractivity contribution in [2.24, 2.45) is 7.05 Å². The molecule has 0 saturated carbocycles. The summed E-state index contributed by atoms with van der Waals surface area (Å²) in [5, 5.41) is 13.2. The zero-order valence-electron chi connectivity index (χ0n) is 20.4. The number of amides is 2. The smallest absolute Gasteiger partial charge is 0.255 e. The van der Waals surface area contributed by atoms with Crippen molar-refractivity contribution in [1.82, 2.24) is 24.5 Å². The number of hydrogen-bond acceptors (Lipinski definition) is 5. The van der Waals surface area contributed by atoms with E-state index < -0.39 is 0 Å². The minimum atomic E-state index is -0.192. The van der Waals surface area contributed by atoms with Crippen molar-refractivity contribution in [3.63, 3.8) is 0 Å². The number of nitrogens with zero attached hydrogens (tertiary/aromatic N) is 5. The fourth-order valence-corrected chi connectivity index (χ4v) is 5.22. The Morgan fingerprint density at radius 2 is 2.06 bits per heavy atom. The zero-order valence-corrected chi connectivity index (χ0v) is 20.4. The normalized spacial score (nSPS) is 17.4. The topological polar surface area (TPSA) is 94.3 Å². The molecule has 4 heterocycles. The number of anilines is 1. The van der Waals surface area contributed by atoms with E-state index >= 15 is 0 Å². The lowest BCUT2D eigenvalue weighted by atomic mass is 9.99. The van der Waals surface area contributed by atoms with Gasteiger partial charge in [-0.15, -0.1) is 0 Å². The summed E-state index contributed by atoms with van der Waals surface area (Å²) >= 11 is 0. The van der Waals surface area contributed by atoms with Crippen molar-refractivity contribution in [2.75, 3.05) is 25.1 Å². The highest BCUT2D eigenvalue weighted by Gasteiger charge is 2.30. The van der Waals surface area contributed by atoms with Gasteiger partial charge in [-0.25, -0.2) is 0 Å². The Morgan fingerprint density at radius 3 is 2.86 bits per heavy atom. The van der Waals surface area contributed by atoms with Gasteiger partial charge in [0.15, 0.2) is 0 Å². The molecular weight excluding hydrogens is 456 g/mol. The lowest BCUT2D eigenvalue weighted by Crippen LogP contribution is -2.35. The summed E-state index contributed by atoms with van der Waals surface area (Å²) in [6.45, 7) is 4.19. The van der Waals surface area contributed by atoms with Crippen molar-refractivity contribution in [3.8, 4) is 11.3 Å². The Kier molecular flexibility index (Phi) is 5.56. The van der Waals surface area contributed by atoms with Gasteiger partial charge in [0.05, 0.1) is 30.1 Å².